The van der Waals surface area contributed by atoms with E-state index in [1.54, 1.807) is 39.0 Å². The summed E-state index contributed by atoms with van der Waals surface area (Å²) in [4.78, 5) is 25.7. The van der Waals surface area contributed by atoms with Gasteiger partial charge in [0.2, 0.25) is 11.8 Å². The van der Waals surface area contributed by atoms with Crippen LogP contribution in [0, 0.1) is 5.82 Å². The molecule has 1 atom stereocenters. The third-order valence-electron chi connectivity index (χ3n) is 3.66. The molecule has 1 aromatic carbocycles. The van der Waals surface area contributed by atoms with Gasteiger partial charge in [0.15, 0.2) is 0 Å². The highest BCUT2D eigenvalue weighted by Crippen LogP contribution is 2.19. The van der Waals surface area contributed by atoms with E-state index in [0.29, 0.717) is 18.5 Å². The van der Waals surface area contributed by atoms with Gasteiger partial charge in [-0.15, -0.1) is 0 Å². The molecule has 2 amide bonds. The Morgan fingerprint density at radius 1 is 1.30 bits per heavy atom. The van der Waals surface area contributed by atoms with E-state index in [4.69, 9.17) is 0 Å². The fourth-order valence-corrected chi connectivity index (χ4v) is 2.38. The van der Waals surface area contributed by atoms with E-state index in [1.807, 2.05) is 0 Å². The van der Waals surface area contributed by atoms with Gasteiger partial charge in [0.1, 0.15) is 17.4 Å². The molecule has 4 nitrogen and oxygen atoms in total. The van der Waals surface area contributed by atoms with Crippen molar-refractivity contribution in [3.63, 3.8) is 0 Å². The van der Waals surface area contributed by atoms with Gasteiger partial charge >= 0.3 is 0 Å². The van der Waals surface area contributed by atoms with Crippen LogP contribution in [0.15, 0.2) is 24.3 Å². The zero-order valence-corrected chi connectivity index (χ0v) is 11.9. The van der Waals surface area contributed by atoms with Gasteiger partial charge in [-0.3, -0.25) is 9.59 Å². The Labute approximate surface area is 118 Å². The van der Waals surface area contributed by atoms with E-state index in [1.165, 1.54) is 11.0 Å². The van der Waals surface area contributed by atoms with E-state index in [0.717, 1.165) is 0 Å². The van der Waals surface area contributed by atoms with Crippen LogP contribution in [-0.2, 0) is 16.0 Å². The molecule has 1 unspecified atom stereocenters. The minimum absolute atomic E-state index is 0.138. The molecule has 2 rings (SSSR count). The predicted octanol–water partition coefficient (Wildman–Crippen LogP) is 1.49. The average molecular weight is 278 g/mol. The number of rotatable bonds is 3. The van der Waals surface area contributed by atoms with E-state index in [9.17, 15) is 14.0 Å². The zero-order valence-electron chi connectivity index (χ0n) is 11.9. The van der Waals surface area contributed by atoms with E-state index in [2.05, 4.69) is 5.32 Å². The van der Waals surface area contributed by atoms with Crippen LogP contribution >= 0.6 is 0 Å². The van der Waals surface area contributed by atoms with Crippen LogP contribution in [0.3, 0.4) is 0 Å². The van der Waals surface area contributed by atoms with Gasteiger partial charge in [0.05, 0.1) is 0 Å². The molecule has 0 bridgehead atoms. The van der Waals surface area contributed by atoms with E-state index in [-0.39, 0.29) is 17.6 Å². The van der Waals surface area contributed by atoms with E-state index < -0.39 is 11.6 Å². The third-order valence-corrected chi connectivity index (χ3v) is 3.66. The second kappa shape index (κ2) is 5.23. The third kappa shape index (κ3) is 2.66. The molecule has 1 aromatic rings. The molecule has 5 heteroatoms. The number of amides is 2. The van der Waals surface area contributed by atoms with Crippen molar-refractivity contribution in [2.75, 3.05) is 6.54 Å². The molecule has 0 radical (unpaired) electrons. The van der Waals surface area contributed by atoms with Gasteiger partial charge in [-0.1, -0.05) is 18.2 Å². The van der Waals surface area contributed by atoms with Gasteiger partial charge in [-0.25, -0.2) is 4.39 Å². The van der Waals surface area contributed by atoms with Gasteiger partial charge in [-0.05, 0) is 38.8 Å². The summed E-state index contributed by atoms with van der Waals surface area (Å²) in [5.74, 6) is -0.600. The first-order valence-corrected chi connectivity index (χ1v) is 6.69. The number of nitrogens with zero attached hydrogens (tertiary/aromatic N) is 1. The summed E-state index contributed by atoms with van der Waals surface area (Å²) in [6, 6.07) is 5.95. The highest BCUT2D eigenvalue weighted by molar-refractivity contribution is 5.99. The molecule has 1 fully saturated rings. The molecule has 1 aliphatic heterocycles. The Hall–Kier alpha value is -1.91. The van der Waals surface area contributed by atoms with Crippen LogP contribution in [0.5, 0.6) is 0 Å². The van der Waals surface area contributed by atoms with Crippen molar-refractivity contribution >= 4 is 11.8 Å². The minimum atomic E-state index is -0.904. The van der Waals surface area contributed by atoms with Gasteiger partial charge < -0.3 is 10.2 Å². The molecule has 0 aliphatic carbocycles. The smallest absolute Gasteiger partial charge is 0.248 e. The standard InChI is InChI=1S/C15H19FN2O2/c1-10-13(19)17-15(2,3)14(20)18(10)9-8-11-6-4-5-7-12(11)16/h4-7,10H,8-9H2,1-3H3,(H,17,19). The summed E-state index contributed by atoms with van der Waals surface area (Å²) in [5, 5.41) is 2.69. The lowest BCUT2D eigenvalue weighted by molar-refractivity contribution is -0.152. The Balaban J connectivity index is 2.13. The highest BCUT2D eigenvalue weighted by Gasteiger charge is 2.42. The first-order chi connectivity index (χ1) is 9.33. The molecule has 1 heterocycles. The van der Waals surface area contributed by atoms with Crippen molar-refractivity contribution in [1.29, 1.82) is 0 Å². The number of halogens is 1. The van der Waals surface area contributed by atoms with Crippen LogP contribution in [0.1, 0.15) is 26.3 Å². The first kappa shape index (κ1) is 14.5. The van der Waals surface area contributed by atoms with Crippen molar-refractivity contribution in [1.82, 2.24) is 10.2 Å². The summed E-state index contributed by atoms with van der Waals surface area (Å²) >= 11 is 0. The molecule has 1 N–H and O–H groups in total. The lowest BCUT2D eigenvalue weighted by atomic mass is 9.97. The Morgan fingerprint density at radius 2 is 1.95 bits per heavy atom. The number of carbonyl (C=O) groups is 2. The van der Waals surface area contributed by atoms with Crippen LogP contribution in [0.4, 0.5) is 4.39 Å². The van der Waals surface area contributed by atoms with Crippen molar-refractivity contribution in [2.45, 2.75) is 38.8 Å². The topological polar surface area (TPSA) is 49.4 Å². The van der Waals surface area contributed by atoms with Gasteiger partial charge in [0.25, 0.3) is 0 Å². The predicted molar refractivity (Wildman–Crippen MR) is 73.5 cm³/mol. The number of carbonyl (C=O) groups excluding carboxylic acids is 2. The summed E-state index contributed by atoms with van der Waals surface area (Å²) < 4.78 is 13.6. The molecule has 20 heavy (non-hydrogen) atoms. The van der Waals surface area contributed by atoms with E-state index >= 15 is 0 Å². The highest BCUT2D eigenvalue weighted by atomic mass is 19.1. The second-order valence-corrected chi connectivity index (χ2v) is 5.63. The summed E-state index contributed by atoms with van der Waals surface area (Å²) in [5.41, 5.74) is -0.352. The average Bonchev–Trinajstić information content (AvgIpc) is 2.38. The number of hydrogen-bond acceptors (Lipinski definition) is 2. The summed E-state index contributed by atoms with van der Waals surface area (Å²) in [6.45, 7) is 5.37. The quantitative estimate of drug-likeness (QED) is 0.910. The number of benzene rings is 1. The van der Waals surface area contributed by atoms with Crippen molar-refractivity contribution in [2.24, 2.45) is 0 Å². The van der Waals surface area contributed by atoms with Crippen molar-refractivity contribution in [3.05, 3.63) is 35.6 Å². The maximum absolute atomic E-state index is 13.6. The molecule has 0 spiro atoms. The SMILES string of the molecule is CC1C(=O)NC(C)(C)C(=O)N1CCc1ccccc1F. The minimum Gasteiger partial charge on any atom is -0.340 e. The summed E-state index contributed by atoms with van der Waals surface area (Å²) in [7, 11) is 0. The molecule has 108 valence electrons. The molecular formula is C15H19FN2O2. The van der Waals surface area contributed by atoms with Crippen LogP contribution in [0.2, 0.25) is 0 Å². The van der Waals surface area contributed by atoms with Crippen LogP contribution in [-0.4, -0.2) is 34.8 Å². The summed E-state index contributed by atoms with van der Waals surface area (Å²) in [6.07, 6.45) is 0.395. The first-order valence-electron chi connectivity index (χ1n) is 6.69. The number of nitrogens with one attached hydrogen (secondary N) is 1. The molecule has 1 saturated heterocycles. The Kier molecular flexibility index (Phi) is 3.79. The van der Waals surface area contributed by atoms with Crippen LogP contribution in [0.25, 0.3) is 0 Å². The largest absolute Gasteiger partial charge is 0.340 e. The lowest BCUT2D eigenvalue weighted by Gasteiger charge is -2.41. The number of piperazine rings is 1. The lowest BCUT2D eigenvalue weighted by Crippen LogP contribution is -2.67. The van der Waals surface area contributed by atoms with Gasteiger partial charge in [-0.2, -0.15) is 0 Å². The van der Waals surface area contributed by atoms with Gasteiger partial charge in [0, 0.05) is 6.54 Å². The maximum Gasteiger partial charge on any atom is 0.248 e. The zero-order chi connectivity index (χ0) is 14.9. The Morgan fingerprint density at radius 3 is 2.60 bits per heavy atom. The molecule has 0 aromatic heterocycles. The fourth-order valence-electron chi connectivity index (χ4n) is 2.38. The maximum atomic E-state index is 13.6. The molecule has 0 saturated carbocycles. The Bertz CT molecular complexity index is 542. The van der Waals surface area contributed by atoms with Crippen molar-refractivity contribution in [3.8, 4) is 0 Å². The molecule has 1 aliphatic rings. The fraction of sp³-hybridized carbons (Fsp3) is 0.467. The number of hydrogen-bond donors (Lipinski definition) is 1. The van der Waals surface area contributed by atoms with Crippen molar-refractivity contribution < 1.29 is 14.0 Å². The molecular weight excluding hydrogens is 259 g/mol. The normalized spacial score (nSPS) is 21.8. The van der Waals surface area contributed by atoms with Crippen LogP contribution < -0.4 is 5.32 Å². The second-order valence-electron chi connectivity index (χ2n) is 5.63. The monoisotopic (exact) mass is 278 g/mol.